The lowest BCUT2D eigenvalue weighted by Gasteiger charge is -2.42. The number of ether oxygens (including phenoxy) is 2. The summed E-state index contributed by atoms with van der Waals surface area (Å²) >= 11 is 0. The molecule has 18 heteroatoms. The third kappa shape index (κ3) is 6.21. The molecule has 2 amide bonds. The number of carbonyl (C=O) groups is 2. The monoisotopic (exact) mass is 670 g/mol. The average molecular weight is 671 g/mol. The molecule has 2 atom stereocenters. The van der Waals surface area contributed by atoms with Gasteiger partial charge in [0, 0.05) is 50.8 Å². The molecular weight excluding hydrogens is 638 g/mol. The predicted octanol–water partition coefficient (Wildman–Crippen LogP) is 3.99. The first kappa shape index (κ1) is 32.6. The van der Waals surface area contributed by atoms with Crippen LogP contribution in [0.3, 0.4) is 0 Å². The van der Waals surface area contributed by atoms with Crippen molar-refractivity contribution >= 4 is 23.3 Å². The Labute approximate surface area is 264 Å². The number of amides is 2. The molecule has 0 spiro atoms. The Hall–Kier alpha value is -4.35. The Bertz CT molecular complexity index is 1670. The molecule has 1 saturated carbocycles. The van der Waals surface area contributed by atoms with Gasteiger partial charge in [-0.1, -0.05) is 0 Å². The molecule has 3 N–H and O–H groups in total. The second-order valence-electron chi connectivity index (χ2n) is 12.1. The Morgan fingerprint density at radius 2 is 1.83 bits per heavy atom. The number of nitrogens with zero attached hydrogens (tertiary/aromatic N) is 6. The maximum absolute atomic E-state index is 15.0. The fraction of sp³-hybridized carbons (Fsp3) is 0.552. The molecule has 47 heavy (non-hydrogen) atoms. The first-order chi connectivity index (χ1) is 22.2. The van der Waals surface area contributed by atoms with Crippen molar-refractivity contribution in [1.82, 2.24) is 34.7 Å². The molecule has 2 saturated heterocycles. The van der Waals surface area contributed by atoms with Crippen LogP contribution in [0.15, 0.2) is 24.7 Å². The molecule has 3 aromatic heterocycles. The summed E-state index contributed by atoms with van der Waals surface area (Å²) in [4.78, 5) is 37.0. The molecule has 3 aliphatic rings. The van der Waals surface area contributed by atoms with Crippen molar-refractivity contribution in [2.45, 2.75) is 68.6 Å². The number of carbonyl (C=O) groups excluding carboxylic acids is 2. The highest BCUT2D eigenvalue weighted by molar-refractivity contribution is 5.98. The van der Waals surface area contributed by atoms with Crippen LogP contribution >= 0.6 is 0 Å². The number of aromatic nitrogens is 4. The summed E-state index contributed by atoms with van der Waals surface area (Å²) in [7, 11) is 1.28. The summed E-state index contributed by atoms with van der Waals surface area (Å²) in [5.74, 6) is -3.47. The van der Waals surface area contributed by atoms with Gasteiger partial charge in [-0.15, -0.1) is 0 Å². The quantitative estimate of drug-likeness (QED) is 0.357. The van der Waals surface area contributed by atoms with E-state index in [0.717, 1.165) is 4.90 Å². The molecule has 0 aromatic carbocycles. The number of hydrogen-bond acceptors (Lipinski definition) is 9. The number of nitrogens with two attached hydrogens (primary N) is 1. The number of alkyl halides is 6. The van der Waals surface area contributed by atoms with Gasteiger partial charge in [-0.05, 0) is 37.0 Å². The summed E-state index contributed by atoms with van der Waals surface area (Å²) in [5, 5.41) is 6.79. The molecule has 0 radical (unpaired) electrons. The molecule has 0 bridgehead atoms. The third-order valence-corrected chi connectivity index (χ3v) is 9.01. The lowest BCUT2D eigenvalue weighted by molar-refractivity contribution is -0.286. The van der Waals surface area contributed by atoms with Gasteiger partial charge in [-0.2, -0.15) is 18.3 Å². The van der Waals surface area contributed by atoms with Crippen LogP contribution in [0.25, 0.3) is 16.8 Å². The number of rotatable bonds is 7. The molecule has 5 heterocycles. The number of hydrogen-bond donors (Lipinski definition) is 2. The third-order valence-electron chi connectivity index (χ3n) is 9.01. The van der Waals surface area contributed by atoms with E-state index >= 15 is 4.39 Å². The summed E-state index contributed by atoms with van der Waals surface area (Å²) in [6.07, 6.45) is -6.23. The average Bonchev–Trinajstić information content (AvgIpc) is 3.55. The van der Waals surface area contributed by atoms with Crippen molar-refractivity contribution in [2.24, 2.45) is 0 Å². The number of nitrogens with one attached hydrogen (secondary N) is 1. The fourth-order valence-electron chi connectivity index (χ4n) is 6.14. The number of fused-ring (bicyclic) bond motifs is 1. The van der Waals surface area contributed by atoms with Crippen molar-refractivity contribution in [3.8, 4) is 17.1 Å². The molecule has 3 aromatic rings. The van der Waals surface area contributed by atoms with Gasteiger partial charge in [-0.25, -0.2) is 32.4 Å². The zero-order chi connectivity index (χ0) is 33.7. The first-order valence-electron chi connectivity index (χ1n) is 15.0. The minimum atomic E-state index is -4.76. The molecule has 1 aliphatic carbocycles. The smallest absolute Gasteiger partial charge is 0.428 e. The molecular formula is C29H32F6N8O4. The van der Waals surface area contributed by atoms with Crippen molar-refractivity contribution < 1.29 is 45.4 Å². The number of methoxy groups -OCH3 is 1. The second kappa shape index (κ2) is 12.0. The van der Waals surface area contributed by atoms with Crippen LogP contribution in [0.2, 0.25) is 0 Å². The summed E-state index contributed by atoms with van der Waals surface area (Å²) in [5.41, 5.74) is 5.45. The highest BCUT2D eigenvalue weighted by Crippen LogP contribution is 2.48. The van der Waals surface area contributed by atoms with Gasteiger partial charge in [0.05, 0.1) is 25.4 Å². The normalized spacial score (nSPS) is 22.6. The number of anilines is 1. The minimum absolute atomic E-state index is 0.0968. The van der Waals surface area contributed by atoms with E-state index in [2.05, 4.69) is 20.4 Å². The SMILES string of the molecule is COc1ncc(-c2cc(CN3CCC(F)(F)CC3)c3c(N)ncnn23)cc1C(=O)N[C@@H]1CN(C(=O)OC2(C(F)(F)F)CCC2)C[C@@H]1F. The van der Waals surface area contributed by atoms with Crippen LogP contribution in [0.4, 0.5) is 37.0 Å². The molecule has 3 fully saturated rings. The van der Waals surface area contributed by atoms with E-state index in [4.69, 9.17) is 15.2 Å². The predicted molar refractivity (Wildman–Crippen MR) is 153 cm³/mol. The first-order valence-corrected chi connectivity index (χ1v) is 15.0. The van der Waals surface area contributed by atoms with Crippen LogP contribution < -0.4 is 15.8 Å². The Morgan fingerprint density at radius 1 is 1.11 bits per heavy atom. The van der Waals surface area contributed by atoms with E-state index in [1.165, 1.54) is 30.2 Å². The number of halogens is 6. The lowest BCUT2D eigenvalue weighted by atomic mass is 9.79. The maximum atomic E-state index is 15.0. The van der Waals surface area contributed by atoms with E-state index in [1.54, 1.807) is 6.07 Å². The van der Waals surface area contributed by atoms with Crippen molar-refractivity contribution in [1.29, 1.82) is 0 Å². The zero-order valence-corrected chi connectivity index (χ0v) is 25.2. The second-order valence-corrected chi connectivity index (χ2v) is 12.1. The number of nitrogen functional groups attached to an aromatic ring is 1. The van der Waals surface area contributed by atoms with E-state index in [9.17, 15) is 31.5 Å². The van der Waals surface area contributed by atoms with Gasteiger partial charge in [0.1, 0.15) is 23.6 Å². The van der Waals surface area contributed by atoms with Crippen molar-refractivity contribution in [3.63, 3.8) is 0 Å². The van der Waals surface area contributed by atoms with Gasteiger partial charge < -0.3 is 25.4 Å². The topological polar surface area (TPSA) is 140 Å². The highest BCUT2D eigenvalue weighted by Gasteiger charge is 2.62. The lowest BCUT2D eigenvalue weighted by Crippen LogP contribution is -2.55. The van der Waals surface area contributed by atoms with Crippen molar-refractivity contribution in [3.05, 3.63) is 35.8 Å². The number of pyridine rings is 1. The number of likely N-dealkylation sites (tertiary alicyclic amines) is 2. The Morgan fingerprint density at radius 3 is 2.47 bits per heavy atom. The molecule has 0 unspecified atom stereocenters. The van der Waals surface area contributed by atoms with Gasteiger partial charge in [0.15, 0.2) is 5.82 Å². The molecule has 2 aliphatic heterocycles. The molecule has 254 valence electrons. The summed E-state index contributed by atoms with van der Waals surface area (Å²) < 4.78 is 94.5. The largest absolute Gasteiger partial charge is 0.480 e. The van der Waals surface area contributed by atoms with Gasteiger partial charge in [0.2, 0.25) is 11.5 Å². The Balaban J connectivity index is 1.21. The maximum Gasteiger partial charge on any atom is 0.428 e. The van der Waals surface area contributed by atoms with Crippen LogP contribution in [-0.4, -0.2) is 105 Å². The zero-order valence-electron chi connectivity index (χ0n) is 25.2. The van der Waals surface area contributed by atoms with Crippen molar-refractivity contribution in [2.75, 3.05) is 39.0 Å². The van der Waals surface area contributed by atoms with Gasteiger partial charge in [0.25, 0.3) is 11.8 Å². The standard InChI is InChI=1S/C29H32F6N8O4/c1-46-25-18(24(44)40-20-14-42(13-19(20)30)26(45)47-27(3-2-4-27)29(33,34)35)9-16(11-37-25)21-10-17(22-23(36)38-15-39-43(21)22)12-41-7-5-28(31,32)6-8-41/h9-11,15,19-20H,2-8,12-14H2,1H3,(H,40,44)(H2,36,38,39)/t19-,20+/m0/s1. The molecule has 12 nitrogen and oxygen atoms in total. The van der Waals surface area contributed by atoms with E-state index < -0.39 is 55.0 Å². The van der Waals surface area contributed by atoms with Crippen LogP contribution in [0.1, 0.15) is 48.0 Å². The van der Waals surface area contributed by atoms with Gasteiger partial charge >= 0.3 is 12.3 Å². The fourth-order valence-corrected chi connectivity index (χ4v) is 6.14. The van der Waals surface area contributed by atoms with Crippen LogP contribution in [-0.2, 0) is 11.3 Å². The van der Waals surface area contributed by atoms with Gasteiger partial charge in [-0.3, -0.25) is 9.69 Å². The summed E-state index contributed by atoms with van der Waals surface area (Å²) in [6, 6.07) is 1.92. The van der Waals surface area contributed by atoms with E-state index in [0.29, 0.717) is 22.3 Å². The highest BCUT2D eigenvalue weighted by atomic mass is 19.4. The van der Waals surface area contributed by atoms with E-state index in [1.807, 2.05) is 4.90 Å². The summed E-state index contributed by atoms with van der Waals surface area (Å²) in [6.45, 7) is -0.341. The minimum Gasteiger partial charge on any atom is -0.480 e. The number of piperidine rings is 1. The van der Waals surface area contributed by atoms with Crippen LogP contribution in [0, 0.1) is 0 Å². The van der Waals surface area contributed by atoms with Crippen LogP contribution in [0.5, 0.6) is 5.88 Å². The molecule has 6 rings (SSSR count). The Kier molecular flexibility index (Phi) is 8.34. The van der Waals surface area contributed by atoms with E-state index in [-0.39, 0.29) is 69.0 Å².